The van der Waals surface area contributed by atoms with E-state index in [2.05, 4.69) is 0 Å². The Morgan fingerprint density at radius 3 is 2.41 bits per heavy atom. The Morgan fingerprint density at radius 2 is 1.94 bits per heavy atom. The molecule has 0 heterocycles. The second-order valence-corrected chi connectivity index (χ2v) is 3.95. The summed E-state index contributed by atoms with van der Waals surface area (Å²) in [5.74, 6) is -0.352. The molecule has 3 nitrogen and oxygen atoms in total. The molecule has 1 unspecified atom stereocenters. The van der Waals surface area contributed by atoms with Crippen molar-refractivity contribution < 1.29 is 14.3 Å². The van der Waals surface area contributed by atoms with Crippen molar-refractivity contribution in [2.75, 3.05) is 0 Å². The van der Waals surface area contributed by atoms with Gasteiger partial charge in [0, 0.05) is 12.0 Å². The summed E-state index contributed by atoms with van der Waals surface area (Å²) >= 11 is 0. The Bertz CT molecular complexity index is 372. The van der Waals surface area contributed by atoms with Gasteiger partial charge >= 0.3 is 5.97 Å². The summed E-state index contributed by atoms with van der Waals surface area (Å²) in [4.78, 5) is 22.8. The Kier molecular flexibility index (Phi) is 4.88. The van der Waals surface area contributed by atoms with Crippen molar-refractivity contribution in [3.63, 3.8) is 0 Å². The van der Waals surface area contributed by atoms with Gasteiger partial charge in [-0.1, -0.05) is 50.6 Å². The highest BCUT2D eigenvalue weighted by molar-refractivity contribution is 5.75. The van der Waals surface area contributed by atoms with Crippen LogP contribution in [-0.2, 0) is 19.9 Å². The maximum Gasteiger partial charge on any atom is 0.306 e. The van der Waals surface area contributed by atoms with Crippen molar-refractivity contribution in [2.24, 2.45) is 0 Å². The number of carbonyl (C=O) groups excluding carboxylic acids is 2. The van der Waals surface area contributed by atoms with Gasteiger partial charge in [-0.05, 0) is 6.42 Å². The van der Waals surface area contributed by atoms with Crippen molar-refractivity contribution in [3.05, 3.63) is 35.9 Å². The van der Waals surface area contributed by atoms with Crippen LogP contribution in [0, 0.1) is 0 Å². The molecule has 0 amide bonds. The van der Waals surface area contributed by atoms with Gasteiger partial charge in [0.2, 0.25) is 0 Å². The van der Waals surface area contributed by atoms with Crippen molar-refractivity contribution in [2.45, 2.75) is 38.7 Å². The quantitative estimate of drug-likeness (QED) is 0.561. The molecular formula is C14H18O3. The monoisotopic (exact) mass is 234 g/mol. The normalized spacial score (nSPS) is 13.8. The molecule has 0 saturated carbocycles. The second kappa shape index (κ2) is 6.18. The molecule has 0 fully saturated rings. The number of carbonyl (C=O) groups is 2. The van der Waals surface area contributed by atoms with Crippen molar-refractivity contribution >= 4 is 12.3 Å². The largest absolute Gasteiger partial charge is 0.446 e. The molecule has 0 spiro atoms. The number of rotatable bonds is 6. The van der Waals surface area contributed by atoms with Crippen LogP contribution in [0.5, 0.6) is 0 Å². The first-order valence-corrected chi connectivity index (χ1v) is 5.92. The van der Waals surface area contributed by atoms with Gasteiger partial charge in [0.1, 0.15) is 0 Å². The Morgan fingerprint density at radius 1 is 1.29 bits per heavy atom. The number of benzene rings is 1. The zero-order valence-corrected chi connectivity index (χ0v) is 10.3. The van der Waals surface area contributed by atoms with E-state index in [1.54, 1.807) is 6.92 Å². The van der Waals surface area contributed by atoms with E-state index in [0.717, 1.165) is 18.3 Å². The summed E-state index contributed by atoms with van der Waals surface area (Å²) in [7, 11) is 0. The minimum Gasteiger partial charge on any atom is -0.446 e. The Balaban J connectivity index is 3.08. The van der Waals surface area contributed by atoms with Gasteiger partial charge in [0.25, 0.3) is 0 Å². The molecule has 0 aromatic heterocycles. The van der Waals surface area contributed by atoms with Gasteiger partial charge in [-0.25, -0.2) is 0 Å². The lowest BCUT2D eigenvalue weighted by Crippen LogP contribution is -2.34. The van der Waals surface area contributed by atoms with Gasteiger partial charge in [0.05, 0.1) is 0 Å². The minimum absolute atomic E-state index is 0.270. The van der Waals surface area contributed by atoms with Crippen molar-refractivity contribution in [1.82, 2.24) is 0 Å². The lowest BCUT2D eigenvalue weighted by molar-refractivity contribution is -0.164. The van der Waals surface area contributed by atoms with Crippen molar-refractivity contribution in [3.8, 4) is 0 Å². The third-order valence-electron chi connectivity index (χ3n) is 2.66. The molecule has 0 aliphatic rings. The molecule has 0 N–H and O–H groups in total. The molecule has 92 valence electrons. The van der Waals surface area contributed by atoms with Crippen LogP contribution in [-0.4, -0.2) is 12.3 Å². The van der Waals surface area contributed by atoms with E-state index >= 15 is 0 Å². The molecular weight excluding hydrogens is 216 g/mol. The van der Waals surface area contributed by atoms with Crippen LogP contribution < -0.4 is 0 Å². The second-order valence-electron chi connectivity index (χ2n) is 3.95. The van der Waals surface area contributed by atoms with E-state index < -0.39 is 5.60 Å². The number of esters is 1. The third-order valence-corrected chi connectivity index (χ3v) is 2.66. The number of aldehydes is 1. The summed E-state index contributed by atoms with van der Waals surface area (Å²) in [6, 6.07) is 9.17. The van der Waals surface area contributed by atoms with Crippen LogP contribution in [0.3, 0.4) is 0 Å². The van der Waals surface area contributed by atoms with Crippen LogP contribution in [0.15, 0.2) is 30.3 Å². The van der Waals surface area contributed by atoms with E-state index in [9.17, 15) is 9.59 Å². The molecule has 0 aliphatic heterocycles. The molecule has 0 radical (unpaired) electrons. The summed E-state index contributed by atoms with van der Waals surface area (Å²) in [5, 5.41) is 0. The van der Waals surface area contributed by atoms with Crippen LogP contribution in [0.4, 0.5) is 0 Å². The molecule has 17 heavy (non-hydrogen) atoms. The van der Waals surface area contributed by atoms with Gasteiger partial charge in [0.15, 0.2) is 11.9 Å². The van der Waals surface area contributed by atoms with Crippen LogP contribution in [0.1, 0.15) is 38.7 Å². The maximum absolute atomic E-state index is 11.5. The topological polar surface area (TPSA) is 43.4 Å². The van der Waals surface area contributed by atoms with Crippen LogP contribution in [0.2, 0.25) is 0 Å². The fourth-order valence-electron chi connectivity index (χ4n) is 1.77. The van der Waals surface area contributed by atoms with Gasteiger partial charge in [-0.3, -0.25) is 9.59 Å². The number of hydrogen-bond donors (Lipinski definition) is 0. The average Bonchev–Trinajstić information content (AvgIpc) is 2.39. The van der Waals surface area contributed by atoms with Crippen LogP contribution >= 0.6 is 0 Å². The maximum atomic E-state index is 11.5. The van der Waals surface area contributed by atoms with Gasteiger partial charge in [-0.2, -0.15) is 0 Å². The standard InChI is InChI=1S/C14H18O3/c1-3-10-14(11-15,17-13(16)4-2)12-8-6-5-7-9-12/h5-9,11H,3-4,10H2,1-2H3. The highest BCUT2D eigenvalue weighted by Gasteiger charge is 2.34. The van der Waals surface area contributed by atoms with E-state index in [4.69, 9.17) is 4.74 Å². The summed E-state index contributed by atoms with van der Waals surface area (Å²) in [6.45, 7) is 3.68. The lowest BCUT2D eigenvalue weighted by Gasteiger charge is -2.28. The summed E-state index contributed by atoms with van der Waals surface area (Å²) in [5.41, 5.74) is -0.387. The molecule has 1 rings (SSSR count). The predicted octanol–water partition coefficient (Wildman–Crippen LogP) is 2.83. The summed E-state index contributed by atoms with van der Waals surface area (Å²) < 4.78 is 5.36. The van der Waals surface area contributed by atoms with E-state index in [-0.39, 0.29) is 12.4 Å². The highest BCUT2D eigenvalue weighted by Crippen LogP contribution is 2.29. The van der Waals surface area contributed by atoms with Gasteiger partial charge < -0.3 is 4.74 Å². The zero-order valence-electron chi connectivity index (χ0n) is 10.3. The average molecular weight is 234 g/mol. The fraction of sp³-hybridized carbons (Fsp3) is 0.429. The van der Waals surface area contributed by atoms with Crippen molar-refractivity contribution in [1.29, 1.82) is 0 Å². The third kappa shape index (κ3) is 3.16. The molecule has 1 aromatic rings. The number of ether oxygens (including phenoxy) is 1. The zero-order chi connectivity index (χ0) is 12.7. The molecule has 0 bridgehead atoms. The predicted molar refractivity (Wildman–Crippen MR) is 65.5 cm³/mol. The molecule has 1 atom stereocenters. The number of hydrogen-bond acceptors (Lipinski definition) is 3. The SMILES string of the molecule is CCCC(C=O)(OC(=O)CC)c1ccccc1. The van der Waals surface area contributed by atoms with Crippen LogP contribution in [0.25, 0.3) is 0 Å². The van der Waals surface area contributed by atoms with E-state index in [1.807, 2.05) is 37.3 Å². The molecule has 0 aliphatic carbocycles. The molecule has 1 aromatic carbocycles. The highest BCUT2D eigenvalue weighted by atomic mass is 16.6. The first-order chi connectivity index (χ1) is 8.18. The summed E-state index contributed by atoms with van der Waals surface area (Å²) in [6.07, 6.45) is 2.28. The Hall–Kier alpha value is -1.64. The van der Waals surface area contributed by atoms with E-state index in [0.29, 0.717) is 6.42 Å². The smallest absolute Gasteiger partial charge is 0.306 e. The fourth-order valence-corrected chi connectivity index (χ4v) is 1.77. The van der Waals surface area contributed by atoms with Gasteiger partial charge in [-0.15, -0.1) is 0 Å². The molecule has 3 heteroatoms. The minimum atomic E-state index is -1.12. The van der Waals surface area contributed by atoms with E-state index in [1.165, 1.54) is 0 Å². The Labute approximate surface area is 102 Å². The first kappa shape index (κ1) is 13.4. The lowest BCUT2D eigenvalue weighted by atomic mass is 9.90. The molecule has 0 saturated heterocycles. The first-order valence-electron chi connectivity index (χ1n) is 5.92.